The maximum atomic E-state index is 12.3. The van der Waals surface area contributed by atoms with Crippen LogP contribution in [0.15, 0.2) is 45.7 Å². The molecule has 0 aliphatic heterocycles. The average molecular weight is 388 g/mol. The van der Waals surface area contributed by atoms with Crippen molar-refractivity contribution in [3.05, 3.63) is 51.6 Å². The summed E-state index contributed by atoms with van der Waals surface area (Å²) in [6.07, 6.45) is 1.09. The lowest BCUT2D eigenvalue weighted by molar-refractivity contribution is -0.113. The van der Waals surface area contributed by atoms with Crippen molar-refractivity contribution in [2.75, 3.05) is 11.1 Å². The second-order valence-electron chi connectivity index (χ2n) is 6.17. The van der Waals surface area contributed by atoms with Crippen LogP contribution in [0, 0.1) is 0 Å². The number of rotatable bonds is 6. The van der Waals surface area contributed by atoms with E-state index in [4.69, 9.17) is 0 Å². The molecule has 1 N–H and O–H groups in total. The molecule has 7 heteroatoms. The number of carbonyl (C=O) groups is 1. The molecule has 3 aromatic rings. The van der Waals surface area contributed by atoms with Crippen LogP contribution in [0.5, 0.6) is 0 Å². The van der Waals surface area contributed by atoms with E-state index < -0.39 is 0 Å². The molecular weight excluding hydrogens is 366 g/mol. The summed E-state index contributed by atoms with van der Waals surface area (Å²) in [7, 11) is 1.68. The molecule has 5 nitrogen and oxygen atoms in total. The van der Waals surface area contributed by atoms with Crippen LogP contribution in [-0.2, 0) is 11.8 Å². The number of thiophene rings is 1. The van der Waals surface area contributed by atoms with Crippen LogP contribution in [-0.4, -0.2) is 21.2 Å². The van der Waals surface area contributed by atoms with Crippen LogP contribution in [0.1, 0.15) is 31.7 Å². The molecular formula is C19H21N3O2S2. The molecule has 1 amide bonds. The van der Waals surface area contributed by atoms with Crippen molar-refractivity contribution >= 4 is 44.9 Å². The van der Waals surface area contributed by atoms with Gasteiger partial charge in [0.25, 0.3) is 5.56 Å². The van der Waals surface area contributed by atoms with Gasteiger partial charge < -0.3 is 5.32 Å². The van der Waals surface area contributed by atoms with Crippen molar-refractivity contribution in [3.63, 3.8) is 0 Å². The maximum Gasteiger partial charge on any atom is 0.262 e. The Morgan fingerprint density at radius 1 is 1.31 bits per heavy atom. The first kappa shape index (κ1) is 18.7. The number of thioether (sulfide) groups is 1. The first-order chi connectivity index (χ1) is 12.5. The minimum atomic E-state index is -0.119. The summed E-state index contributed by atoms with van der Waals surface area (Å²) < 4.78 is 1.49. The molecule has 0 aliphatic carbocycles. The number of nitrogens with one attached hydrogen (secondary N) is 1. The third-order valence-corrected chi connectivity index (χ3v) is 6.21. The number of fused-ring (bicyclic) bond motifs is 1. The number of hydrogen-bond acceptors (Lipinski definition) is 5. The predicted molar refractivity (Wildman–Crippen MR) is 109 cm³/mol. The van der Waals surface area contributed by atoms with E-state index in [1.807, 2.05) is 29.6 Å². The van der Waals surface area contributed by atoms with Crippen LogP contribution >= 0.6 is 23.1 Å². The van der Waals surface area contributed by atoms with Crippen molar-refractivity contribution in [2.24, 2.45) is 7.05 Å². The van der Waals surface area contributed by atoms with E-state index in [1.54, 1.807) is 13.1 Å². The molecule has 0 spiro atoms. The smallest absolute Gasteiger partial charge is 0.262 e. The Hall–Kier alpha value is -2.12. The highest BCUT2D eigenvalue weighted by Crippen LogP contribution is 2.22. The number of hydrogen-bond donors (Lipinski definition) is 1. The number of amides is 1. The Labute approximate surface area is 160 Å². The van der Waals surface area contributed by atoms with E-state index in [-0.39, 0.29) is 17.2 Å². The Balaban J connectivity index is 1.64. The second-order valence-corrected chi connectivity index (χ2v) is 8.00. The van der Waals surface area contributed by atoms with Gasteiger partial charge in [-0.05, 0) is 41.5 Å². The van der Waals surface area contributed by atoms with Gasteiger partial charge in [0, 0.05) is 12.7 Å². The molecule has 0 aliphatic rings. The monoisotopic (exact) mass is 387 g/mol. The quantitative estimate of drug-likeness (QED) is 0.508. The first-order valence-corrected chi connectivity index (χ1v) is 10.3. The van der Waals surface area contributed by atoms with Gasteiger partial charge in [0.05, 0.1) is 11.1 Å². The molecule has 2 heterocycles. The molecule has 1 atom stereocenters. The Morgan fingerprint density at radius 3 is 2.73 bits per heavy atom. The largest absolute Gasteiger partial charge is 0.325 e. The first-order valence-electron chi connectivity index (χ1n) is 8.46. The average Bonchev–Trinajstić information content (AvgIpc) is 3.12. The normalized spacial score (nSPS) is 12.3. The highest BCUT2D eigenvalue weighted by Gasteiger charge is 2.12. The fourth-order valence-electron chi connectivity index (χ4n) is 2.57. The van der Waals surface area contributed by atoms with Gasteiger partial charge in [-0.3, -0.25) is 14.2 Å². The topological polar surface area (TPSA) is 64.0 Å². The van der Waals surface area contributed by atoms with Gasteiger partial charge in [0.15, 0.2) is 5.16 Å². The van der Waals surface area contributed by atoms with Crippen molar-refractivity contribution in [1.82, 2.24) is 9.55 Å². The SMILES string of the molecule is CCC(C)c1ccc(NC(=O)CSc2nc3sccc3c(=O)n2C)cc1. The van der Waals surface area contributed by atoms with Crippen LogP contribution in [0.4, 0.5) is 5.69 Å². The van der Waals surface area contributed by atoms with Crippen molar-refractivity contribution in [2.45, 2.75) is 31.3 Å². The van der Waals surface area contributed by atoms with E-state index in [0.717, 1.165) is 12.1 Å². The molecule has 136 valence electrons. The molecule has 2 aromatic heterocycles. The van der Waals surface area contributed by atoms with E-state index in [0.29, 0.717) is 21.3 Å². The third kappa shape index (κ3) is 3.99. The van der Waals surface area contributed by atoms with Crippen LogP contribution < -0.4 is 10.9 Å². The molecule has 0 bridgehead atoms. The Kier molecular flexibility index (Phi) is 5.78. The predicted octanol–water partition coefficient (Wildman–Crippen LogP) is 4.24. The van der Waals surface area contributed by atoms with Crippen LogP contribution in [0.3, 0.4) is 0 Å². The minimum absolute atomic E-state index is 0.0835. The zero-order valence-corrected chi connectivity index (χ0v) is 16.6. The molecule has 26 heavy (non-hydrogen) atoms. The van der Waals surface area contributed by atoms with Crippen LogP contribution in [0.2, 0.25) is 0 Å². The van der Waals surface area contributed by atoms with E-state index in [9.17, 15) is 9.59 Å². The Morgan fingerprint density at radius 2 is 2.04 bits per heavy atom. The van der Waals surface area contributed by atoms with E-state index in [2.05, 4.69) is 24.1 Å². The summed E-state index contributed by atoms with van der Waals surface area (Å²) >= 11 is 2.69. The minimum Gasteiger partial charge on any atom is -0.325 e. The standard InChI is InChI=1S/C19H21N3O2S2/c1-4-12(2)13-5-7-14(8-6-13)20-16(23)11-26-19-21-17-15(9-10-25-17)18(24)22(19)3/h5-10,12H,4,11H2,1-3H3,(H,20,23). The number of benzene rings is 1. The number of anilines is 1. The molecule has 1 unspecified atom stereocenters. The summed E-state index contributed by atoms with van der Waals surface area (Å²) in [5, 5.41) is 5.91. The summed E-state index contributed by atoms with van der Waals surface area (Å²) in [6.45, 7) is 4.35. The summed E-state index contributed by atoms with van der Waals surface area (Å²) in [5.41, 5.74) is 1.96. The fourth-order valence-corrected chi connectivity index (χ4v) is 4.14. The van der Waals surface area contributed by atoms with Gasteiger partial charge in [-0.25, -0.2) is 4.98 Å². The third-order valence-electron chi connectivity index (χ3n) is 4.37. The number of aromatic nitrogens is 2. The maximum absolute atomic E-state index is 12.3. The van der Waals surface area contributed by atoms with E-state index in [1.165, 1.54) is 33.2 Å². The highest BCUT2D eigenvalue weighted by atomic mass is 32.2. The van der Waals surface area contributed by atoms with Crippen LogP contribution in [0.25, 0.3) is 10.2 Å². The summed E-state index contributed by atoms with van der Waals surface area (Å²) in [5.74, 6) is 0.589. The lowest BCUT2D eigenvalue weighted by Gasteiger charge is -2.11. The van der Waals surface area contributed by atoms with E-state index >= 15 is 0 Å². The lowest BCUT2D eigenvalue weighted by Crippen LogP contribution is -2.20. The van der Waals surface area contributed by atoms with Gasteiger partial charge in [0.2, 0.25) is 5.91 Å². The molecule has 1 aromatic carbocycles. The molecule has 0 fully saturated rings. The molecule has 3 rings (SSSR count). The van der Waals surface area contributed by atoms with Gasteiger partial charge in [0.1, 0.15) is 4.83 Å². The van der Waals surface area contributed by atoms with Gasteiger partial charge in [-0.15, -0.1) is 11.3 Å². The van der Waals surface area contributed by atoms with Crippen molar-refractivity contribution < 1.29 is 4.79 Å². The zero-order valence-electron chi connectivity index (χ0n) is 15.0. The molecule has 0 radical (unpaired) electrons. The molecule has 0 saturated heterocycles. The van der Waals surface area contributed by atoms with Gasteiger partial charge in [-0.1, -0.05) is 37.7 Å². The zero-order chi connectivity index (χ0) is 18.7. The van der Waals surface area contributed by atoms with Crippen molar-refractivity contribution in [1.29, 1.82) is 0 Å². The summed E-state index contributed by atoms with van der Waals surface area (Å²) in [4.78, 5) is 29.7. The fraction of sp³-hybridized carbons (Fsp3) is 0.316. The van der Waals surface area contributed by atoms with Gasteiger partial charge >= 0.3 is 0 Å². The number of carbonyl (C=O) groups excluding carboxylic acids is 1. The number of nitrogens with zero attached hydrogens (tertiary/aromatic N) is 2. The van der Waals surface area contributed by atoms with Gasteiger partial charge in [-0.2, -0.15) is 0 Å². The summed E-state index contributed by atoms with van der Waals surface area (Å²) in [6, 6.07) is 9.73. The van der Waals surface area contributed by atoms with Crippen molar-refractivity contribution in [3.8, 4) is 0 Å². The highest BCUT2D eigenvalue weighted by molar-refractivity contribution is 7.99. The Bertz CT molecular complexity index is 977. The molecule has 0 saturated carbocycles. The lowest BCUT2D eigenvalue weighted by atomic mass is 9.99. The second kappa shape index (κ2) is 8.05.